The molecule has 1 aromatic rings. The number of aryl methyl sites for hydroxylation is 1. The van der Waals surface area contributed by atoms with E-state index < -0.39 is 27.2 Å². The van der Waals surface area contributed by atoms with Crippen molar-refractivity contribution in [3.8, 4) is 0 Å². The van der Waals surface area contributed by atoms with Gasteiger partial charge in [0.1, 0.15) is 11.4 Å². The quantitative estimate of drug-likeness (QED) is 0.658. The zero-order valence-corrected chi connectivity index (χ0v) is 12.9. The molecule has 1 rings (SSSR count). The summed E-state index contributed by atoms with van der Waals surface area (Å²) in [6.07, 6.45) is 0.289. The maximum atomic E-state index is 11.9. The molecule has 0 atom stereocenters. The molecule has 1 aromatic carbocycles. The summed E-state index contributed by atoms with van der Waals surface area (Å²) < 4.78 is 28.7. The molecule has 0 aliphatic rings. The molecular formula is C14H21NO4S. The first-order chi connectivity index (χ1) is 9.09. The van der Waals surface area contributed by atoms with Crippen LogP contribution in [0.25, 0.3) is 0 Å². The lowest BCUT2D eigenvalue weighted by Crippen LogP contribution is -2.29. The highest BCUT2D eigenvalue weighted by molar-refractivity contribution is 7.92. The van der Waals surface area contributed by atoms with Crippen LogP contribution >= 0.6 is 0 Å². The summed E-state index contributed by atoms with van der Waals surface area (Å²) >= 11 is 0. The Labute approximate surface area is 120 Å². The lowest BCUT2D eigenvalue weighted by Gasteiger charge is -2.19. The minimum atomic E-state index is -3.50. The predicted octanol–water partition coefficient (Wildman–Crippen LogP) is 1.57. The highest BCUT2D eigenvalue weighted by atomic mass is 32.2. The third-order valence-electron chi connectivity index (χ3n) is 2.50. The second-order valence-corrected chi connectivity index (χ2v) is 7.81. The monoisotopic (exact) mass is 299 g/mol. The van der Waals surface area contributed by atoms with Gasteiger partial charge in [0, 0.05) is 5.69 Å². The molecular weight excluding hydrogens is 278 g/mol. The minimum Gasteiger partial charge on any atom is -0.459 e. The standard InChI is InChI=1S/C14H21NO4S/c1-14(2,3)19-13(16)10-20(17,18)9-8-11-6-4-5-7-12(11)15/h4-7H,8-10,15H2,1-3H3. The minimum absolute atomic E-state index is 0.125. The van der Waals surface area contributed by atoms with Gasteiger partial charge in [-0.3, -0.25) is 4.79 Å². The highest BCUT2D eigenvalue weighted by Gasteiger charge is 2.22. The van der Waals surface area contributed by atoms with Gasteiger partial charge in [0.05, 0.1) is 5.75 Å². The number of sulfone groups is 1. The van der Waals surface area contributed by atoms with Gasteiger partial charge in [0.15, 0.2) is 9.84 Å². The van der Waals surface area contributed by atoms with Crippen LogP contribution in [-0.2, 0) is 25.8 Å². The number of carbonyl (C=O) groups excluding carboxylic acids is 1. The molecule has 0 unspecified atom stereocenters. The van der Waals surface area contributed by atoms with Gasteiger partial charge in [0.2, 0.25) is 0 Å². The Balaban J connectivity index is 2.59. The molecule has 0 fully saturated rings. The summed E-state index contributed by atoms with van der Waals surface area (Å²) in [5.74, 6) is -1.45. The number of nitrogen functional groups attached to an aromatic ring is 1. The van der Waals surface area contributed by atoms with Crippen molar-refractivity contribution in [3.05, 3.63) is 29.8 Å². The normalized spacial score (nSPS) is 12.2. The molecule has 0 spiro atoms. The Bertz CT molecular complexity index is 573. The SMILES string of the molecule is CC(C)(C)OC(=O)CS(=O)(=O)CCc1ccccc1N. The van der Waals surface area contributed by atoms with Crippen LogP contribution in [0, 0.1) is 0 Å². The van der Waals surface area contributed by atoms with Crippen molar-refractivity contribution >= 4 is 21.5 Å². The molecule has 0 bridgehead atoms. The zero-order valence-electron chi connectivity index (χ0n) is 12.0. The number of benzene rings is 1. The van der Waals surface area contributed by atoms with Crippen molar-refractivity contribution in [2.75, 3.05) is 17.2 Å². The van der Waals surface area contributed by atoms with Crippen molar-refractivity contribution in [2.45, 2.75) is 32.8 Å². The fourth-order valence-corrected chi connectivity index (χ4v) is 2.74. The lowest BCUT2D eigenvalue weighted by atomic mass is 10.1. The van der Waals surface area contributed by atoms with E-state index in [1.165, 1.54) is 0 Å². The number of anilines is 1. The number of carbonyl (C=O) groups is 1. The number of hydrogen-bond acceptors (Lipinski definition) is 5. The van der Waals surface area contributed by atoms with Crippen LogP contribution in [0.1, 0.15) is 26.3 Å². The maximum absolute atomic E-state index is 11.9. The number of rotatable bonds is 5. The summed E-state index contributed by atoms with van der Waals surface area (Å²) in [5.41, 5.74) is 6.38. The van der Waals surface area contributed by atoms with Crippen molar-refractivity contribution in [3.63, 3.8) is 0 Å². The summed E-state index contributed by atoms with van der Waals surface area (Å²) in [5, 5.41) is 0. The average molecular weight is 299 g/mol. The summed E-state index contributed by atoms with van der Waals surface area (Å²) in [6.45, 7) is 5.09. The molecule has 0 aromatic heterocycles. The topological polar surface area (TPSA) is 86.5 Å². The molecule has 112 valence electrons. The van der Waals surface area contributed by atoms with Crippen LogP contribution in [-0.4, -0.2) is 31.5 Å². The van der Waals surface area contributed by atoms with Gasteiger partial charge < -0.3 is 10.5 Å². The maximum Gasteiger partial charge on any atom is 0.321 e. The second-order valence-electron chi connectivity index (χ2n) is 5.63. The van der Waals surface area contributed by atoms with Crippen LogP contribution in [0.15, 0.2) is 24.3 Å². The molecule has 0 aliphatic heterocycles. The summed E-state index contributed by atoms with van der Waals surface area (Å²) in [7, 11) is -3.50. The van der Waals surface area contributed by atoms with Gasteiger partial charge in [-0.2, -0.15) is 0 Å². The Kier molecular flexibility index (Phi) is 5.16. The van der Waals surface area contributed by atoms with Gasteiger partial charge in [-0.15, -0.1) is 0 Å². The number of esters is 1. The molecule has 0 radical (unpaired) electrons. The van der Waals surface area contributed by atoms with E-state index in [1.807, 2.05) is 0 Å². The van der Waals surface area contributed by atoms with Crippen molar-refractivity contribution in [1.29, 1.82) is 0 Å². The average Bonchev–Trinajstić information content (AvgIpc) is 2.24. The van der Waals surface area contributed by atoms with E-state index in [0.717, 1.165) is 5.56 Å². The van der Waals surface area contributed by atoms with E-state index in [0.29, 0.717) is 5.69 Å². The summed E-state index contributed by atoms with van der Waals surface area (Å²) in [4.78, 5) is 11.5. The highest BCUT2D eigenvalue weighted by Crippen LogP contribution is 2.13. The Morgan fingerprint density at radius 2 is 1.85 bits per heavy atom. The van der Waals surface area contributed by atoms with Crippen LogP contribution in [0.4, 0.5) is 5.69 Å². The van der Waals surface area contributed by atoms with Crippen LogP contribution in [0.5, 0.6) is 0 Å². The largest absolute Gasteiger partial charge is 0.459 e. The third-order valence-corrected chi connectivity index (χ3v) is 4.00. The lowest BCUT2D eigenvalue weighted by molar-refractivity contribution is -0.151. The number of ether oxygens (including phenoxy) is 1. The molecule has 20 heavy (non-hydrogen) atoms. The Morgan fingerprint density at radius 1 is 1.25 bits per heavy atom. The van der Waals surface area contributed by atoms with E-state index in [-0.39, 0.29) is 12.2 Å². The van der Waals surface area contributed by atoms with E-state index in [2.05, 4.69) is 0 Å². The predicted molar refractivity (Wildman–Crippen MR) is 79.1 cm³/mol. The number of para-hydroxylation sites is 1. The third kappa shape index (κ3) is 6.06. The van der Waals surface area contributed by atoms with Crippen molar-refractivity contribution in [2.24, 2.45) is 0 Å². The Hall–Kier alpha value is -1.56. The molecule has 5 nitrogen and oxygen atoms in total. The van der Waals surface area contributed by atoms with Gasteiger partial charge in [0.25, 0.3) is 0 Å². The van der Waals surface area contributed by atoms with Crippen LogP contribution in [0.2, 0.25) is 0 Å². The zero-order chi connectivity index (χ0) is 15.4. The van der Waals surface area contributed by atoms with E-state index in [4.69, 9.17) is 10.5 Å². The Morgan fingerprint density at radius 3 is 2.40 bits per heavy atom. The molecule has 0 aliphatic carbocycles. The first-order valence-electron chi connectivity index (χ1n) is 6.35. The van der Waals surface area contributed by atoms with E-state index in [9.17, 15) is 13.2 Å². The van der Waals surface area contributed by atoms with Gasteiger partial charge in [-0.05, 0) is 38.8 Å². The molecule has 2 N–H and O–H groups in total. The van der Waals surface area contributed by atoms with E-state index in [1.54, 1.807) is 45.0 Å². The second kappa shape index (κ2) is 6.26. The van der Waals surface area contributed by atoms with Gasteiger partial charge >= 0.3 is 5.97 Å². The fourth-order valence-electron chi connectivity index (χ4n) is 1.65. The summed E-state index contributed by atoms with van der Waals surface area (Å²) in [6, 6.07) is 7.08. The molecule has 0 heterocycles. The molecule has 0 saturated carbocycles. The molecule has 6 heteroatoms. The first-order valence-corrected chi connectivity index (χ1v) is 8.17. The molecule has 0 saturated heterocycles. The van der Waals surface area contributed by atoms with Crippen LogP contribution in [0.3, 0.4) is 0 Å². The van der Waals surface area contributed by atoms with Gasteiger partial charge in [-0.1, -0.05) is 18.2 Å². The number of nitrogens with two attached hydrogens (primary N) is 1. The van der Waals surface area contributed by atoms with Crippen molar-refractivity contribution < 1.29 is 17.9 Å². The fraction of sp³-hybridized carbons (Fsp3) is 0.500. The van der Waals surface area contributed by atoms with Crippen LogP contribution < -0.4 is 5.73 Å². The van der Waals surface area contributed by atoms with Crippen molar-refractivity contribution in [1.82, 2.24) is 0 Å². The number of hydrogen-bond donors (Lipinski definition) is 1. The first kappa shape index (κ1) is 16.5. The van der Waals surface area contributed by atoms with E-state index >= 15 is 0 Å². The smallest absolute Gasteiger partial charge is 0.321 e. The van der Waals surface area contributed by atoms with Gasteiger partial charge in [-0.25, -0.2) is 8.42 Å². The molecule has 0 amide bonds.